The molecule has 0 aromatic heterocycles. The standard InChI is InChI=1S/C22H28O2S2/c1-4-14-9-13(3)10-15(5-2)18(14)19-20(23)16-11-22(12-17(16)21(19)24)25-7-6-8-26-22/h9-10,16-17,19H,4-8,11-12H2,1-3H3. The molecule has 1 aliphatic heterocycles. The van der Waals surface area contributed by atoms with Crippen LogP contribution in [0.5, 0.6) is 0 Å². The first-order chi connectivity index (χ1) is 12.5. The van der Waals surface area contributed by atoms with E-state index in [4.69, 9.17) is 0 Å². The molecular formula is C22H28O2S2. The lowest BCUT2D eigenvalue weighted by atomic mass is 9.83. The number of ketones is 2. The van der Waals surface area contributed by atoms with Gasteiger partial charge in [-0.2, -0.15) is 0 Å². The normalized spacial score (nSPS) is 30.2. The molecule has 140 valence electrons. The van der Waals surface area contributed by atoms with Crippen LogP contribution in [0.15, 0.2) is 12.1 Å². The van der Waals surface area contributed by atoms with E-state index in [1.54, 1.807) is 0 Å². The SMILES string of the molecule is CCc1cc(C)cc(CC)c1C1C(=O)C2CC3(CC2C1=O)SCCCS3. The fourth-order valence-corrected chi connectivity index (χ4v) is 8.78. The molecule has 2 nitrogen and oxygen atoms in total. The minimum atomic E-state index is -0.494. The van der Waals surface area contributed by atoms with Gasteiger partial charge < -0.3 is 0 Å². The van der Waals surface area contributed by atoms with Gasteiger partial charge in [-0.1, -0.05) is 31.5 Å². The summed E-state index contributed by atoms with van der Waals surface area (Å²) in [5, 5.41) is 0. The van der Waals surface area contributed by atoms with Crippen molar-refractivity contribution in [3.05, 3.63) is 34.4 Å². The summed E-state index contributed by atoms with van der Waals surface area (Å²) in [6.45, 7) is 6.37. The maximum Gasteiger partial charge on any atom is 0.151 e. The molecule has 3 aliphatic rings. The fraction of sp³-hybridized carbons (Fsp3) is 0.636. The summed E-state index contributed by atoms with van der Waals surface area (Å²) in [5.74, 6) is 2.22. The molecule has 1 aromatic carbocycles. The summed E-state index contributed by atoms with van der Waals surface area (Å²) >= 11 is 4.01. The first-order valence-electron chi connectivity index (χ1n) is 9.97. The molecule has 0 radical (unpaired) electrons. The molecule has 0 amide bonds. The second-order valence-electron chi connectivity index (χ2n) is 8.02. The molecule has 0 bridgehead atoms. The average molecular weight is 389 g/mol. The van der Waals surface area contributed by atoms with Gasteiger partial charge in [0.05, 0.1) is 4.08 Å². The van der Waals surface area contributed by atoms with Gasteiger partial charge in [-0.25, -0.2) is 0 Å². The molecule has 1 aromatic rings. The number of fused-ring (bicyclic) bond motifs is 1. The number of rotatable bonds is 3. The van der Waals surface area contributed by atoms with E-state index >= 15 is 0 Å². The van der Waals surface area contributed by atoms with Gasteiger partial charge in [-0.05, 0) is 67.2 Å². The first-order valence-corrected chi connectivity index (χ1v) is 11.9. The van der Waals surface area contributed by atoms with Crippen molar-refractivity contribution in [2.45, 2.75) is 62.9 Å². The van der Waals surface area contributed by atoms with E-state index in [2.05, 4.69) is 32.9 Å². The zero-order valence-electron chi connectivity index (χ0n) is 16.0. The number of carbonyl (C=O) groups is 2. The third-order valence-electron chi connectivity index (χ3n) is 6.41. The quantitative estimate of drug-likeness (QED) is 0.686. The maximum atomic E-state index is 13.4. The molecule has 1 saturated heterocycles. The van der Waals surface area contributed by atoms with Gasteiger partial charge in [0, 0.05) is 11.8 Å². The van der Waals surface area contributed by atoms with E-state index in [9.17, 15) is 9.59 Å². The van der Waals surface area contributed by atoms with Crippen LogP contribution in [0, 0.1) is 18.8 Å². The van der Waals surface area contributed by atoms with Crippen LogP contribution in [0.4, 0.5) is 0 Å². The van der Waals surface area contributed by atoms with E-state index in [-0.39, 0.29) is 27.5 Å². The Morgan fingerprint density at radius 1 is 0.962 bits per heavy atom. The molecule has 4 rings (SSSR count). The zero-order chi connectivity index (χ0) is 18.5. The smallest absolute Gasteiger partial charge is 0.151 e. The van der Waals surface area contributed by atoms with Crippen molar-refractivity contribution in [2.24, 2.45) is 11.8 Å². The monoisotopic (exact) mass is 388 g/mol. The zero-order valence-corrected chi connectivity index (χ0v) is 17.6. The lowest BCUT2D eigenvalue weighted by Gasteiger charge is -2.33. The van der Waals surface area contributed by atoms with Crippen molar-refractivity contribution < 1.29 is 9.59 Å². The van der Waals surface area contributed by atoms with E-state index in [0.717, 1.165) is 31.2 Å². The summed E-state index contributed by atoms with van der Waals surface area (Å²) in [6, 6.07) is 4.36. The summed E-state index contributed by atoms with van der Waals surface area (Å²) < 4.78 is 0.137. The topological polar surface area (TPSA) is 34.1 Å². The molecule has 1 heterocycles. The Bertz CT molecular complexity index is 698. The lowest BCUT2D eigenvalue weighted by molar-refractivity contribution is -0.125. The number of aryl methyl sites for hydroxylation is 3. The second-order valence-corrected chi connectivity index (χ2v) is 11.2. The number of thioether (sulfide) groups is 2. The molecule has 4 heteroatoms. The maximum absolute atomic E-state index is 13.4. The van der Waals surface area contributed by atoms with Crippen LogP contribution in [0.2, 0.25) is 0 Å². The van der Waals surface area contributed by atoms with Crippen LogP contribution >= 0.6 is 23.5 Å². The summed E-state index contributed by atoms with van der Waals surface area (Å²) in [4.78, 5) is 26.8. The first kappa shape index (κ1) is 18.6. The van der Waals surface area contributed by atoms with E-state index in [1.807, 2.05) is 23.5 Å². The molecule has 1 spiro atoms. The van der Waals surface area contributed by atoms with Gasteiger partial charge in [0.2, 0.25) is 0 Å². The molecule has 2 aliphatic carbocycles. The van der Waals surface area contributed by atoms with Crippen molar-refractivity contribution in [1.82, 2.24) is 0 Å². The number of carbonyl (C=O) groups excluding carboxylic acids is 2. The third kappa shape index (κ3) is 2.88. The highest BCUT2D eigenvalue weighted by Gasteiger charge is 2.59. The Labute approximate surface area is 165 Å². The van der Waals surface area contributed by atoms with Crippen LogP contribution in [0.3, 0.4) is 0 Å². The van der Waals surface area contributed by atoms with Gasteiger partial charge in [-0.15, -0.1) is 23.5 Å². The number of Topliss-reactive ketones (excluding diaryl/α,β-unsaturated/α-hetero) is 2. The van der Waals surface area contributed by atoms with Crippen molar-refractivity contribution >= 4 is 35.1 Å². The number of hydrogen-bond donors (Lipinski definition) is 0. The minimum Gasteiger partial charge on any atom is -0.298 e. The Balaban J connectivity index is 1.70. The van der Waals surface area contributed by atoms with Crippen LogP contribution in [0.25, 0.3) is 0 Å². The Hall–Kier alpha value is -0.740. The molecule has 2 unspecified atom stereocenters. The van der Waals surface area contributed by atoms with Gasteiger partial charge in [0.15, 0.2) is 11.6 Å². The molecule has 0 N–H and O–H groups in total. The van der Waals surface area contributed by atoms with Gasteiger partial charge >= 0.3 is 0 Å². The Morgan fingerprint density at radius 3 is 1.92 bits per heavy atom. The third-order valence-corrected chi connectivity index (χ3v) is 9.82. The number of benzene rings is 1. The van der Waals surface area contributed by atoms with E-state index < -0.39 is 5.92 Å². The van der Waals surface area contributed by atoms with Crippen LogP contribution < -0.4 is 0 Å². The summed E-state index contributed by atoms with van der Waals surface area (Å²) in [5.41, 5.74) is 4.69. The van der Waals surface area contributed by atoms with Crippen molar-refractivity contribution in [3.8, 4) is 0 Å². The molecule has 2 saturated carbocycles. The van der Waals surface area contributed by atoms with Crippen molar-refractivity contribution in [2.75, 3.05) is 11.5 Å². The van der Waals surface area contributed by atoms with Gasteiger partial charge in [0.1, 0.15) is 5.92 Å². The second kappa shape index (κ2) is 7.01. The predicted molar refractivity (Wildman–Crippen MR) is 111 cm³/mol. The van der Waals surface area contributed by atoms with Crippen LogP contribution in [-0.2, 0) is 22.4 Å². The van der Waals surface area contributed by atoms with E-state index in [0.29, 0.717) is 0 Å². The van der Waals surface area contributed by atoms with Gasteiger partial charge in [-0.3, -0.25) is 9.59 Å². The molecule has 2 atom stereocenters. The van der Waals surface area contributed by atoms with Crippen LogP contribution in [0.1, 0.15) is 61.3 Å². The largest absolute Gasteiger partial charge is 0.298 e. The Kier molecular flexibility index (Phi) is 5.02. The predicted octanol–water partition coefficient (Wildman–Crippen LogP) is 4.95. The number of hydrogen-bond acceptors (Lipinski definition) is 4. The highest BCUT2D eigenvalue weighted by atomic mass is 32.2. The highest BCUT2D eigenvalue weighted by Crippen LogP contribution is 2.60. The molecular weight excluding hydrogens is 360 g/mol. The average Bonchev–Trinajstić information content (AvgIpc) is 3.10. The van der Waals surface area contributed by atoms with Gasteiger partial charge in [0.25, 0.3) is 0 Å². The summed E-state index contributed by atoms with van der Waals surface area (Å²) in [6.07, 6.45) is 4.82. The molecule has 3 fully saturated rings. The molecule has 26 heavy (non-hydrogen) atoms. The summed E-state index contributed by atoms with van der Waals surface area (Å²) in [7, 11) is 0. The fourth-order valence-electron chi connectivity index (χ4n) is 5.25. The highest BCUT2D eigenvalue weighted by molar-refractivity contribution is 8.18. The van der Waals surface area contributed by atoms with E-state index in [1.165, 1.54) is 34.6 Å². The van der Waals surface area contributed by atoms with Crippen molar-refractivity contribution in [3.63, 3.8) is 0 Å². The van der Waals surface area contributed by atoms with Crippen molar-refractivity contribution in [1.29, 1.82) is 0 Å². The Morgan fingerprint density at radius 2 is 1.46 bits per heavy atom. The van der Waals surface area contributed by atoms with Crippen LogP contribution in [-0.4, -0.2) is 27.2 Å². The lowest BCUT2D eigenvalue weighted by Crippen LogP contribution is -2.27. The minimum absolute atomic E-state index is 0.0404.